The van der Waals surface area contributed by atoms with Gasteiger partial charge in [-0.15, -0.1) is 0 Å². The van der Waals surface area contributed by atoms with Crippen LogP contribution in [0.5, 0.6) is 0 Å². The van der Waals surface area contributed by atoms with Gasteiger partial charge in [-0.05, 0) is 25.5 Å². The Bertz CT molecular complexity index is 1340. The van der Waals surface area contributed by atoms with E-state index in [0.29, 0.717) is 5.56 Å². The second kappa shape index (κ2) is 8.11. The van der Waals surface area contributed by atoms with Crippen LogP contribution in [-0.2, 0) is 30.2 Å². The van der Waals surface area contributed by atoms with Crippen LogP contribution in [0, 0.1) is 11.2 Å². The number of halogens is 1. The second-order valence-corrected chi connectivity index (χ2v) is 9.77. The van der Waals surface area contributed by atoms with Gasteiger partial charge in [0.05, 0.1) is 42.0 Å². The van der Waals surface area contributed by atoms with Crippen molar-refractivity contribution in [3.63, 3.8) is 0 Å². The quantitative estimate of drug-likeness (QED) is 0.560. The van der Waals surface area contributed by atoms with Gasteiger partial charge >= 0.3 is 12.1 Å². The fraction of sp³-hybridized carbons (Fsp3) is 0.522. The third-order valence-electron chi connectivity index (χ3n) is 7.49. The van der Waals surface area contributed by atoms with Crippen molar-refractivity contribution in [2.45, 2.75) is 44.6 Å². The van der Waals surface area contributed by atoms with Gasteiger partial charge in [-0.2, -0.15) is 0 Å². The molecule has 0 aliphatic carbocycles. The number of morpholine rings is 1. The van der Waals surface area contributed by atoms with E-state index in [0.717, 1.165) is 0 Å². The fourth-order valence-corrected chi connectivity index (χ4v) is 6.15. The van der Waals surface area contributed by atoms with E-state index in [-0.39, 0.29) is 54.8 Å². The lowest BCUT2D eigenvalue weighted by molar-refractivity contribution is -0.153. The number of benzene rings is 1. The van der Waals surface area contributed by atoms with Crippen molar-refractivity contribution in [3.05, 3.63) is 17.4 Å². The number of urea groups is 1. The highest BCUT2D eigenvalue weighted by Gasteiger charge is 2.63. The number of cyclic esters (lactones) is 1. The molecule has 4 atom stereocenters. The molecule has 0 bridgehead atoms. The number of methoxy groups -OCH3 is 1. The summed E-state index contributed by atoms with van der Waals surface area (Å²) in [7, 11) is 1.48. The summed E-state index contributed by atoms with van der Waals surface area (Å²) < 4.78 is 37.9. The van der Waals surface area contributed by atoms with Crippen LogP contribution < -0.4 is 20.4 Å². The van der Waals surface area contributed by atoms with Gasteiger partial charge in [-0.25, -0.2) is 18.9 Å². The lowest BCUT2D eigenvalue weighted by Gasteiger charge is -2.55. The van der Waals surface area contributed by atoms with E-state index in [9.17, 15) is 19.2 Å². The number of barbiturate groups is 1. The predicted octanol–water partition coefficient (Wildman–Crippen LogP) is 0.829. The zero-order chi connectivity index (χ0) is 26.2. The minimum absolute atomic E-state index is 0.0360. The molecule has 1 spiro atoms. The van der Waals surface area contributed by atoms with Gasteiger partial charge in [0.25, 0.3) is 0 Å². The summed E-state index contributed by atoms with van der Waals surface area (Å²) in [5.41, 5.74) is -1.48. The predicted molar refractivity (Wildman–Crippen MR) is 122 cm³/mol. The average Bonchev–Trinajstić information content (AvgIpc) is 3.40. The summed E-state index contributed by atoms with van der Waals surface area (Å²) in [5, 5.41) is 8.54. The molecule has 1 unspecified atom stereocenters. The first-order chi connectivity index (χ1) is 17.7. The third-order valence-corrected chi connectivity index (χ3v) is 7.49. The topological polar surface area (TPSA) is 153 Å². The molecule has 5 amide bonds. The van der Waals surface area contributed by atoms with Crippen molar-refractivity contribution in [2.75, 3.05) is 36.7 Å². The molecule has 3 fully saturated rings. The van der Waals surface area contributed by atoms with Crippen LogP contribution in [0.4, 0.5) is 25.5 Å². The Morgan fingerprint density at radius 1 is 1.22 bits per heavy atom. The zero-order valence-corrected chi connectivity index (χ0v) is 20.2. The average molecular weight is 517 g/mol. The molecule has 37 heavy (non-hydrogen) atoms. The number of nitrogens with zero attached hydrogens (tertiary/aromatic N) is 3. The van der Waals surface area contributed by atoms with E-state index in [4.69, 9.17) is 18.7 Å². The Morgan fingerprint density at radius 3 is 2.65 bits per heavy atom. The van der Waals surface area contributed by atoms with Crippen molar-refractivity contribution in [1.82, 2.24) is 15.8 Å². The summed E-state index contributed by atoms with van der Waals surface area (Å²) >= 11 is 0. The van der Waals surface area contributed by atoms with E-state index in [1.165, 1.54) is 12.0 Å². The highest BCUT2D eigenvalue weighted by molar-refractivity contribution is 6.20. The molecule has 2 aromatic rings. The number of imide groups is 2. The van der Waals surface area contributed by atoms with E-state index in [1.54, 1.807) is 24.8 Å². The first-order valence-corrected chi connectivity index (χ1v) is 11.8. The minimum atomic E-state index is -1.77. The second-order valence-electron chi connectivity index (χ2n) is 9.77. The summed E-state index contributed by atoms with van der Waals surface area (Å²) in [5.74, 6) is -2.28. The number of anilines is 2. The molecule has 1 aromatic carbocycles. The minimum Gasteiger partial charge on any atom is -0.447 e. The molecule has 0 radical (unpaired) electrons. The monoisotopic (exact) mass is 517 g/mol. The zero-order valence-electron chi connectivity index (χ0n) is 20.2. The van der Waals surface area contributed by atoms with E-state index in [1.807, 2.05) is 0 Å². The van der Waals surface area contributed by atoms with Crippen molar-refractivity contribution < 1.29 is 42.3 Å². The van der Waals surface area contributed by atoms with E-state index in [2.05, 4.69) is 15.8 Å². The number of fused-ring (bicyclic) bond motifs is 5. The van der Waals surface area contributed by atoms with E-state index >= 15 is 4.39 Å². The number of carbonyl (C=O) groups excluding carboxylic acids is 4. The number of nitrogens with one attached hydrogen (secondary N) is 2. The summed E-state index contributed by atoms with van der Waals surface area (Å²) in [6.45, 7) is 3.88. The van der Waals surface area contributed by atoms with Gasteiger partial charge < -0.3 is 23.6 Å². The standard InChI is InChI=1S/C23H24FN5O8/c1-9-6-28-15-11(5-23(17(28)10(2)36-9)19(30)25-21(32)26-20(23)31)4-13-16(14(15)24)37-27-18(13)29-12(7-34-3)8-35-22(29)33/h4,9-10,12,17H,5-8H2,1-3H3,(H2,25,26,30,31,32)/t9-,10-,12?,17+/m1/s1. The number of hydrogen-bond acceptors (Lipinski definition) is 10. The summed E-state index contributed by atoms with van der Waals surface area (Å²) in [6.07, 6.45) is -1.91. The Morgan fingerprint density at radius 2 is 1.95 bits per heavy atom. The Kier molecular flexibility index (Phi) is 5.18. The molecule has 5 heterocycles. The maximum Gasteiger partial charge on any atom is 0.416 e. The molecule has 2 N–H and O–H groups in total. The van der Waals surface area contributed by atoms with Crippen LogP contribution in [0.3, 0.4) is 0 Å². The van der Waals surface area contributed by atoms with Crippen molar-refractivity contribution in [1.29, 1.82) is 0 Å². The highest BCUT2D eigenvalue weighted by Crippen LogP contribution is 2.50. The molecule has 14 heteroatoms. The van der Waals surface area contributed by atoms with Crippen LogP contribution in [0.15, 0.2) is 10.6 Å². The number of hydrogen-bond donors (Lipinski definition) is 2. The summed E-state index contributed by atoms with van der Waals surface area (Å²) in [6, 6.07) is -0.773. The first kappa shape index (κ1) is 23.6. The maximum atomic E-state index is 16.2. The fourth-order valence-electron chi connectivity index (χ4n) is 6.15. The number of aromatic nitrogens is 1. The van der Waals surface area contributed by atoms with Gasteiger partial charge in [0.2, 0.25) is 17.4 Å². The lowest BCUT2D eigenvalue weighted by atomic mass is 9.66. The van der Waals surface area contributed by atoms with Crippen molar-refractivity contribution in [3.8, 4) is 0 Å². The maximum absolute atomic E-state index is 16.2. The van der Waals surface area contributed by atoms with Gasteiger partial charge in [0, 0.05) is 20.1 Å². The Balaban J connectivity index is 1.55. The SMILES string of the molecule is COCC1COC(=O)N1c1noc2c(F)c3c(cc12)CC1(C(=O)NC(=O)NC1=O)[C@@H]1[C@@H](C)O[C@H](C)CN31. The lowest BCUT2D eigenvalue weighted by Crippen LogP contribution is -2.75. The van der Waals surface area contributed by atoms with Gasteiger partial charge in [-0.3, -0.25) is 20.2 Å². The summed E-state index contributed by atoms with van der Waals surface area (Å²) in [4.78, 5) is 54.0. The van der Waals surface area contributed by atoms with Crippen LogP contribution in [0.1, 0.15) is 19.4 Å². The number of ether oxygens (including phenoxy) is 3. The van der Waals surface area contributed by atoms with Crippen LogP contribution in [0.2, 0.25) is 0 Å². The highest BCUT2D eigenvalue weighted by atomic mass is 19.1. The Labute approximate surface area is 209 Å². The van der Waals surface area contributed by atoms with Crippen LogP contribution >= 0.6 is 0 Å². The Hall–Kier alpha value is -3.78. The normalized spacial score (nSPS) is 28.8. The van der Waals surface area contributed by atoms with Crippen LogP contribution in [0.25, 0.3) is 11.0 Å². The van der Waals surface area contributed by atoms with Gasteiger partial charge in [-0.1, -0.05) is 5.16 Å². The van der Waals surface area contributed by atoms with Crippen LogP contribution in [-0.4, -0.2) is 80.3 Å². The number of carbonyl (C=O) groups is 4. The van der Waals surface area contributed by atoms with E-state index < -0.39 is 53.4 Å². The van der Waals surface area contributed by atoms with Crippen molar-refractivity contribution >= 4 is 46.4 Å². The molecule has 6 rings (SSSR count). The smallest absolute Gasteiger partial charge is 0.416 e. The first-order valence-electron chi connectivity index (χ1n) is 11.8. The molecule has 4 aliphatic rings. The molecule has 1 aromatic heterocycles. The molecule has 3 saturated heterocycles. The molecular weight excluding hydrogens is 493 g/mol. The largest absolute Gasteiger partial charge is 0.447 e. The molecule has 196 valence electrons. The third kappa shape index (κ3) is 3.18. The molecule has 13 nitrogen and oxygen atoms in total. The number of rotatable bonds is 3. The van der Waals surface area contributed by atoms with Gasteiger partial charge in [0.15, 0.2) is 17.1 Å². The molecule has 0 saturated carbocycles. The molecular formula is C23H24FN5O8. The number of amides is 5. The molecule has 4 aliphatic heterocycles. The van der Waals surface area contributed by atoms with Gasteiger partial charge in [0.1, 0.15) is 6.61 Å². The van der Waals surface area contributed by atoms with Crippen molar-refractivity contribution in [2.24, 2.45) is 5.41 Å².